The predicted molar refractivity (Wildman–Crippen MR) is 62.2 cm³/mol. The summed E-state index contributed by atoms with van der Waals surface area (Å²) in [5.74, 6) is 2.66. The van der Waals surface area contributed by atoms with E-state index >= 15 is 0 Å². The highest BCUT2D eigenvalue weighted by Gasteiger charge is 2.34. The number of nitrogens with two attached hydrogens (primary N) is 1. The minimum Gasteiger partial charge on any atom is -0.327 e. The van der Waals surface area contributed by atoms with Gasteiger partial charge in [0.25, 0.3) is 0 Å². The van der Waals surface area contributed by atoms with E-state index in [1.54, 1.807) is 0 Å². The minimum absolute atomic E-state index is 0.287. The van der Waals surface area contributed by atoms with Crippen molar-refractivity contribution in [2.75, 3.05) is 0 Å². The molecular formula is C12H20N4. The fourth-order valence-corrected chi connectivity index (χ4v) is 2.90. The summed E-state index contributed by atoms with van der Waals surface area (Å²) in [5, 5.41) is 8.63. The van der Waals surface area contributed by atoms with Crippen LogP contribution in [0.1, 0.15) is 62.1 Å². The number of hydrogen-bond donors (Lipinski definition) is 1. The van der Waals surface area contributed by atoms with Crippen molar-refractivity contribution in [1.82, 2.24) is 14.8 Å². The number of aromatic nitrogens is 3. The van der Waals surface area contributed by atoms with Gasteiger partial charge in [-0.2, -0.15) is 0 Å². The Bertz CT molecular complexity index is 380. The quantitative estimate of drug-likeness (QED) is 0.828. The number of aryl methyl sites for hydroxylation is 1. The molecule has 4 nitrogen and oxygen atoms in total. The first-order valence-electron chi connectivity index (χ1n) is 6.44. The highest BCUT2D eigenvalue weighted by atomic mass is 15.3. The maximum atomic E-state index is 6.23. The molecular weight excluding hydrogens is 200 g/mol. The van der Waals surface area contributed by atoms with Gasteiger partial charge in [0.2, 0.25) is 0 Å². The van der Waals surface area contributed by atoms with Crippen LogP contribution in [-0.2, 0) is 0 Å². The Labute approximate surface area is 96.2 Å². The molecule has 0 aliphatic heterocycles. The van der Waals surface area contributed by atoms with Gasteiger partial charge in [-0.1, -0.05) is 12.8 Å². The Morgan fingerprint density at radius 3 is 2.56 bits per heavy atom. The van der Waals surface area contributed by atoms with E-state index < -0.39 is 0 Å². The SMILES string of the molecule is Cc1nnc(C2CCCCC2N)n1C1CC1. The zero-order valence-corrected chi connectivity index (χ0v) is 9.89. The third-order valence-corrected chi connectivity index (χ3v) is 3.96. The highest BCUT2D eigenvalue weighted by Crippen LogP contribution is 2.40. The van der Waals surface area contributed by atoms with Crippen molar-refractivity contribution in [2.24, 2.45) is 5.73 Å². The fraction of sp³-hybridized carbons (Fsp3) is 0.833. The van der Waals surface area contributed by atoms with Gasteiger partial charge in [0.1, 0.15) is 11.6 Å². The summed E-state index contributed by atoms with van der Waals surface area (Å²) >= 11 is 0. The zero-order valence-electron chi connectivity index (χ0n) is 9.89. The number of rotatable bonds is 2. The van der Waals surface area contributed by atoms with Crippen molar-refractivity contribution in [2.45, 2.75) is 63.5 Å². The van der Waals surface area contributed by atoms with Crippen LogP contribution in [0, 0.1) is 6.92 Å². The molecule has 4 heteroatoms. The molecule has 1 aromatic rings. The van der Waals surface area contributed by atoms with Gasteiger partial charge < -0.3 is 10.3 Å². The van der Waals surface area contributed by atoms with Crippen LogP contribution in [0.5, 0.6) is 0 Å². The normalized spacial score (nSPS) is 30.6. The Kier molecular flexibility index (Phi) is 2.46. The smallest absolute Gasteiger partial charge is 0.137 e. The third kappa shape index (κ3) is 1.65. The largest absolute Gasteiger partial charge is 0.327 e. The average Bonchev–Trinajstić information content (AvgIpc) is 3.04. The molecule has 2 aliphatic rings. The molecule has 2 aliphatic carbocycles. The number of hydrogen-bond acceptors (Lipinski definition) is 3. The van der Waals surface area contributed by atoms with Crippen molar-refractivity contribution < 1.29 is 0 Å². The van der Waals surface area contributed by atoms with Gasteiger partial charge in [0.15, 0.2) is 0 Å². The molecule has 3 rings (SSSR count). The molecule has 0 bridgehead atoms. The van der Waals surface area contributed by atoms with E-state index in [0.29, 0.717) is 12.0 Å². The summed E-state index contributed by atoms with van der Waals surface area (Å²) in [7, 11) is 0. The van der Waals surface area contributed by atoms with Gasteiger partial charge in [0.05, 0.1) is 0 Å². The Hall–Kier alpha value is -0.900. The summed E-state index contributed by atoms with van der Waals surface area (Å²) in [5.41, 5.74) is 6.23. The molecule has 2 saturated carbocycles. The molecule has 2 fully saturated rings. The summed E-state index contributed by atoms with van der Waals surface area (Å²) in [6, 6.07) is 0.953. The third-order valence-electron chi connectivity index (χ3n) is 3.96. The van der Waals surface area contributed by atoms with Crippen molar-refractivity contribution in [1.29, 1.82) is 0 Å². The lowest BCUT2D eigenvalue weighted by Crippen LogP contribution is -2.33. The van der Waals surface area contributed by atoms with Crippen LogP contribution in [0.4, 0.5) is 0 Å². The summed E-state index contributed by atoms with van der Waals surface area (Å²) in [6.07, 6.45) is 7.46. The molecule has 16 heavy (non-hydrogen) atoms. The van der Waals surface area contributed by atoms with E-state index in [0.717, 1.165) is 18.1 Å². The zero-order chi connectivity index (χ0) is 11.1. The van der Waals surface area contributed by atoms with Crippen LogP contribution < -0.4 is 5.73 Å². The van der Waals surface area contributed by atoms with Crippen LogP contribution >= 0.6 is 0 Å². The molecule has 0 aromatic carbocycles. The van der Waals surface area contributed by atoms with E-state index in [4.69, 9.17) is 5.73 Å². The van der Waals surface area contributed by atoms with Crippen LogP contribution in [0.2, 0.25) is 0 Å². The second kappa shape index (κ2) is 3.84. The van der Waals surface area contributed by atoms with Gasteiger partial charge in [-0.3, -0.25) is 0 Å². The van der Waals surface area contributed by atoms with Crippen LogP contribution in [0.3, 0.4) is 0 Å². The molecule has 2 unspecified atom stereocenters. The molecule has 2 N–H and O–H groups in total. The van der Waals surface area contributed by atoms with E-state index in [9.17, 15) is 0 Å². The molecule has 0 radical (unpaired) electrons. The lowest BCUT2D eigenvalue weighted by Gasteiger charge is -2.28. The van der Waals surface area contributed by atoms with Crippen molar-refractivity contribution >= 4 is 0 Å². The van der Waals surface area contributed by atoms with Crippen molar-refractivity contribution in [3.05, 3.63) is 11.6 Å². The Balaban J connectivity index is 1.92. The van der Waals surface area contributed by atoms with Crippen molar-refractivity contribution in [3.63, 3.8) is 0 Å². The maximum Gasteiger partial charge on any atom is 0.137 e. The lowest BCUT2D eigenvalue weighted by atomic mass is 9.84. The topological polar surface area (TPSA) is 56.7 Å². The second-order valence-corrected chi connectivity index (χ2v) is 5.26. The monoisotopic (exact) mass is 220 g/mol. The summed E-state index contributed by atoms with van der Waals surface area (Å²) in [4.78, 5) is 0. The van der Waals surface area contributed by atoms with E-state index in [1.807, 2.05) is 0 Å². The maximum absolute atomic E-state index is 6.23. The van der Waals surface area contributed by atoms with Gasteiger partial charge in [-0.25, -0.2) is 0 Å². The molecule has 1 aromatic heterocycles. The molecule has 0 saturated heterocycles. The minimum atomic E-state index is 0.287. The van der Waals surface area contributed by atoms with Gasteiger partial charge >= 0.3 is 0 Å². The van der Waals surface area contributed by atoms with Gasteiger partial charge in [-0.15, -0.1) is 10.2 Å². The van der Waals surface area contributed by atoms with E-state index in [-0.39, 0.29) is 6.04 Å². The molecule has 2 atom stereocenters. The molecule has 0 amide bonds. The molecule has 88 valence electrons. The summed E-state index contributed by atoms with van der Waals surface area (Å²) < 4.78 is 2.34. The fourth-order valence-electron chi connectivity index (χ4n) is 2.90. The average molecular weight is 220 g/mol. The van der Waals surface area contributed by atoms with Crippen LogP contribution in [0.25, 0.3) is 0 Å². The lowest BCUT2D eigenvalue weighted by molar-refractivity contribution is 0.362. The first kappa shape index (κ1) is 10.3. The number of nitrogens with zero attached hydrogens (tertiary/aromatic N) is 3. The Morgan fingerprint density at radius 2 is 1.88 bits per heavy atom. The van der Waals surface area contributed by atoms with Gasteiger partial charge in [-0.05, 0) is 32.6 Å². The summed E-state index contributed by atoms with van der Waals surface area (Å²) in [6.45, 7) is 2.06. The van der Waals surface area contributed by atoms with E-state index in [1.165, 1.54) is 32.1 Å². The first-order chi connectivity index (χ1) is 7.77. The standard InChI is InChI=1S/C12H20N4/c1-8-14-15-12(16(8)9-6-7-9)10-4-2-3-5-11(10)13/h9-11H,2-7,13H2,1H3. The van der Waals surface area contributed by atoms with E-state index in [2.05, 4.69) is 21.7 Å². The Morgan fingerprint density at radius 1 is 1.12 bits per heavy atom. The first-order valence-corrected chi connectivity index (χ1v) is 6.44. The van der Waals surface area contributed by atoms with Crippen molar-refractivity contribution in [3.8, 4) is 0 Å². The van der Waals surface area contributed by atoms with Crippen LogP contribution in [-0.4, -0.2) is 20.8 Å². The second-order valence-electron chi connectivity index (χ2n) is 5.26. The molecule has 0 spiro atoms. The predicted octanol–water partition coefficient (Wildman–Crippen LogP) is 1.91. The van der Waals surface area contributed by atoms with Gasteiger partial charge in [0, 0.05) is 18.0 Å². The van der Waals surface area contributed by atoms with Crippen LogP contribution in [0.15, 0.2) is 0 Å². The molecule has 1 heterocycles. The highest BCUT2D eigenvalue weighted by molar-refractivity contribution is 5.09.